The predicted molar refractivity (Wildman–Crippen MR) is 107 cm³/mol. The van der Waals surface area contributed by atoms with E-state index < -0.39 is 6.04 Å². The molecule has 3 aromatic rings. The van der Waals surface area contributed by atoms with Crippen LogP contribution in [-0.4, -0.2) is 41.6 Å². The Morgan fingerprint density at radius 2 is 1.71 bits per heavy atom. The predicted octanol–water partition coefficient (Wildman–Crippen LogP) is 2.78. The van der Waals surface area contributed by atoms with Crippen molar-refractivity contribution in [1.29, 1.82) is 0 Å². The smallest absolute Gasteiger partial charge is 0.261 e. The number of amides is 1. The molecule has 0 bridgehead atoms. The normalized spacial score (nSPS) is 11.9. The zero-order valence-electron chi connectivity index (χ0n) is 16.6. The highest BCUT2D eigenvalue weighted by Gasteiger charge is 2.24. The van der Waals surface area contributed by atoms with Crippen molar-refractivity contribution < 1.29 is 14.3 Å². The Morgan fingerprint density at radius 1 is 1.11 bits per heavy atom. The molecule has 0 fully saturated rings. The summed E-state index contributed by atoms with van der Waals surface area (Å²) in [6.45, 7) is 1.84. The molecule has 7 heteroatoms. The molecule has 1 amide bonds. The van der Waals surface area contributed by atoms with E-state index in [0.717, 1.165) is 0 Å². The van der Waals surface area contributed by atoms with E-state index in [1.54, 1.807) is 55.4 Å². The second kappa shape index (κ2) is 7.72. The summed E-state index contributed by atoms with van der Waals surface area (Å²) in [6, 6.07) is 11.8. The lowest BCUT2D eigenvalue weighted by atomic mass is 10.1. The first kappa shape index (κ1) is 19.4. The summed E-state index contributed by atoms with van der Waals surface area (Å²) in [7, 11) is 6.41. The van der Waals surface area contributed by atoms with Crippen LogP contribution in [0.25, 0.3) is 10.9 Å². The van der Waals surface area contributed by atoms with Crippen molar-refractivity contribution in [2.24, 2.45) is 7.05 Å². The third-order valence-electron chi connectivity index (χ3n) is 4.89. The van der Waals surface area contributed by atoms with Crippen LogP contribution in [-0.2, 0) is 7.05 Å². The number of carbonyl (C=O) groups excluding carboxylic acids is 1. The molecular formula is C21H23N3O4. The van der Waals surface area contributed by atoms with E-state index in [4.69, 9.17) is 9.47 Å². The van der Waals surface area contributed by atoms with Crippen LogP contribution >= 0.6 is 0 Å². The van der Waals surface area contributed by atoms with Gasteiger partial charge in [-0.05, 0) is 31.2 Å². The molecule has 1 heterocycles. The molecule has 146 valence electrons. The highest BCUT2D eigenvalue weighted by atomic mass is 16.5. The molecule has 1 atom stereocenters. The monoisotopic (exact) mass is 381 g/mol. The molecule has 0 spiro atoms. The minimum atomic E-state index is -0.424. The fourth-order valence-electron chi connectivity index (χ4n) is 3.09. The van der Waals surface area contributed by atoms with E-state index in [-0.39, 0.29) is 11.5 Å². The Kier molecular flexibility index (Phi) is 5.35. The standard InChI is InChI=1S/C21H23N3O4/c1-13(19-22-18-9-7-6-8-17(18)21(26)24(19)3)23(2)20(25)14-10-15(27-4)12-16(11-14)28-5/h6-13H,1-5H3. The highest BCUT2D eigenvalue weighted by molar-refractivity contribution is 5.95. The maximum Gasteiger partial charge on any atom is 0.261 e. The molecule has 28 heavy (non-hydrogen) atoms. The molecule has 2 aromatic carbocycles. The van der Waals surface area contributed by atoms with Crippen LogP contribution in [0.2, 0.25) is 0 Å². The van der Waals surface area contributed by atoms with Gasteiger partial charge in [-0.15, -0.1) is 0 Å². The third kappa shape index (κ3) is 3.43. The van der Waals surface area contributed by atoms with Crippen LogP contribution in [0.3, 0.4) is 0 Å². The molecule has 0 radical (unpaired) electrons. The summed E-state index contributed by atoms with van der Waals surface area (Å²) in [6.07, 6.45) is 0. The first-order valence-electron chi connectivity index (χ1n) is 8.83. The van der Waals surface area contributed by atoms with E-state index in [0.29, 0.717) is 33.8 Å². The van der Waals surface area contributed by atoms with Gasteiger partial charge >= 0.3 is 0 Å². The van der Waals surface area contributed by atoms with Crippen molar-refractivity contribution >= 4 is 16.8 Å². The van der Waals surface area contributed by atoms with Crippen molar-refractivity contribution in [1.82, 2.24) is 14.5 Å². The number of methoxy groups -OCH3 is 2. The molecule has 7 nitrogen and oxygen atoms in total. The van der Waals surface area contributed by atoms with E-state index in [2.05, 4.69) is 4.98 Å². The molecule has 0 saturated carbocycles. The van der Waals surface area contributed by atoms with Crippen molar-refractivity contribution in [2.45, 2.75) is 13.0 Å². The number of hydrogen-bond donors (Lipinski definition) is 0. The summed E-state index contributed by atoms with van der Waals surface area (Å²) in [5, 5.41) is 0.549. The van der Waals surface area contributed by atoms with E-state index in [1.807, 2.05) is 13.0 Å². The van der Waals surface area contributed by atoms with Crippen LogP contribution in [0.4, 0.5) is 0 Å². The van der Waals surface area contributed by atoms with Gasteiger partial charge in [0, 0.05) is 25.7 Å². The van der Waals surface area contributed by atoms with Gasteiger partial charge in [-0.2, -0.15) is 0 Å². The average molecular weight is 381 g/mol. The first-order valence-corrected chi connectivity index (χ1v) is 8.83. The number of fused-ring (bicyclic) bond motifs is 1. The number of rotatable bonds is 5. The molecule has 3 rings (SSSR count). The zero-order chi connectivity index (χ0) is 20.4. The number of aromatic nitrogens is 2. The maximum atomic E-state index is 13.1. The number of nitrogens with zero attached hydrogens (tertiary/aromatic N) is 3. The molecule has 1 aromatic heterocycles. The lowest BCUT2D eigenvalue weighted by molar-refractivity contribution is 0.0733. The fraction of sp³-hybridized carbons (Fsp3) is 0.286. The highest BCUT2D eigenvalue weighted by Crippen LogP contribution is 2.26. The Balaban J connectivity index is 2.00. The second-order valence-electron chi connectivity index (χ2n) is 6.54. The van der Waals surface area contributed by atoms with Gasteiger partial charge < -0.3 is 14.4 Å². The fourth-order valence-corrected chi connectivity index (χ4v) is 3.09. The Morgan fingerprint density at radius 3 is 2.32 bits per heavy atom. The van der Waals surface area contributed by atoms with Gasteiger partial charge in [0.15, 0.2) is 0 Å². The molecule has 0 aliphatic heterocycles. The molecule has 1 unspecified atom stereocenters. The lowest BCUT2D eigenvalue weighted by Gasteiger charge is -2.26. The number of hydrogen-bond acceptors (Lipinski definition) is 5. The number of carbonyl (C=O) groups is 1. The van der Waals surface area contributed by atoms with Crippen molar-refractivity contribution in [3.05, 3.63) is 64.2 Å². The Hall–Kier alpha value is -3.35. The van der Waals surface area contributed by atoms with Gasteiger partial charge in [0.25, 0.3) is 11.5 Å². The summed E-state index contributed by atoms with van der Waals surface area (Å²) < 4.78 is 12.0. The second-order valence-corrected chi connectivity index (χ2v) is 6.54. The van der Waals surface area contributed by atoms with Crippen LogP contribution < -0.4 is 15.0 Å². The van der Waals surface area contributed by atoms with Gasteiger partial charge in [-0.1, -0.05) is 12.1 Å². The SMILES string of the molecule is COc1cc(OC)cc(C(=O)N(C)C(C)c2nc3ccccc3c(=O)n2C)c1. The molecule has 0 aliphatic carbocycles. The average Bonchev–Trinajstić information content (AvgIpc) is 2.74. The van der Waals surface area contributed by atoms with Crippen molar-refractivity contribution in [3.8, 4) is 11.5 Å². The first-order chi connectivity index (χ1) is 13.4. The Labute approximate surface area is 163 Å². The van der Waals surface area contributed by atoms with Gasteiger partial charge in [0.05, 0.1) is 31.2 Å². The lowest BCUT2D eigenvalue weighted by Crippen LogP contribution is -2.34. The number of para-hydroxylation sites is 1. The van der Waals surface area contributed by atoms with Crippen LogP contribution in [0, 0.1) is 0 Å². The topological polar surface area (TPSA) is 73.7 Å². The summed E-state index contributed by atoms with van der Waals surface area (Å²) in [4.78, 5) is 31.9. The molecular weight excluding hydrogens is 358 g/mol. The Bertz CT molecular complexity index is 1070. The van der Waals surface area contributed by atoms with Gasteiger partial charge in [0.2, 0.25) is 0 Å². The molecule has 0 saturated heterocycles. The van der Waals surface area contributed by atoms with E-state index >= 15 is 0 Å². The van der Waals surface area contributed by atoms with Crippen LogP contribution in [0.5, 0.6) is 11.5 Å². The van der Waals surface area contributed by atoms with Crippen LogP contribution in [0.1, 0.15) is 29.1 Å². The van der Waals surface area contributed by atoms with Gasteiger partial charge in [-0.3, -0.25) is 14.2 Å². The quantitative estimate of drug-likeness (QED) is 0.679. The van der Waals surface area contributed by atoms with E-state index in [1.165, 1.54) is 18.8 Å². The molecule has 0 aliphatic rings. The minimum Gasteiger partial charge on any atom is -0.497 e. The maximum absolute atomic E-state index is 13.1. The zero-order valence-corrected chi connectivity index (χ0v) is 16.6. The summed E-state index contributed by atoms with van der Waals surface area (Å²) in [5.41, 5.74) is 0.893. The molecule has 0 N–H and O–H groups in total. The minimum absolute atomic E-state index is 0.142. The van der Waals surface area contributed by atoms with Crippen molar-refractivity contribution in [2.75, 3.05) is 21.3 Å². The third-order valence-corrected chi connectivity index (χ3v) is 4.89. The number of ether oxygens (including phenoxy) is 2. The van der Waals surface area contributed by atoms with E-state index in [9.17, 15) is 9.59 Å². The van der Waals surface area contributed by atoms with Gasteiger partial charge in [-0.25, -0.2) is 4.98 Å². The largest absolute Gasteiger partial charge is 0.497 e. The summed E-state index contributed by atoms with van der Waals surface area (Å²) >= 11 is 0. The summed E-state index contributed by atoms with van der Waals surface area (Å²) in [5.74, 6) is 1.33. The number of benzene rings is 2. The van der Waals surface area contributed by atoms with Crippen molar-refractivity contribution in [3.63, 3.8) is 0 Å². The van der Waals surface area contributed by atoms with Gasteiger partial charge in [0.1, 0.15) is 17.3 Å². The van der Waals surface area contributed by atoms with Crippen LogP contribution in [0.15, 0.2) is 47.3 Å².